The molecule has 51 heavy (non-hydrogen) atoms. The Labute approximate surface area is 300 Å². The molecule has 0 aliphatic carbocycles. The first kappa shape index (κ1) is 36.3. The number of carbonyl (C=O) groups excluding carboxylic acids is 3. The van der Waals surface area contributed by atoms with E-state index in [1.807, 2.05) is 152 Å². The van der Waals surface area contributed by atoms with Crippen LogP contribution in [0.4, 0.5) is 4.79 Å². The van der Waals surface area contributed by atoms with Gasteiger partial charge in [-0.3, -0.25) is 4.79 Å². The van der Waals surface area contributed by atoms with Crippen molar-refractivity contribution in [1.82, 2.24) is 10.6 Å². The minimum absolute atomic E-state index is 0.0325. The zero-order valence-corrected chi connectivity index (χ0v) is 29.2. The molecule has 0 saturated carbocycles. The molecule has 5 aromatic rings. The fourth-order valence-electron chi connectivity index (χ4n) is 5.95. The molecule has 2 N–H and O–H groups in total. The fraction of sp³-hybridized carbons (Fsp3) is 0.205. The number of carbonyl (C=O) groups is 3. The number of amides is 2. The molecule has 0 spiro atoms. The Morgan fingerprint density at radius 3 is 1.45 bits per heavy atom. The Hall–Kier alpha value is -5.95. The second kappa shape index (κ2) is 17.1. The van der Waals surface area contributed by atoms with E-state index in [-0.39, 0.29) is 18.7 Å². The highest BCUT2D eigenvalue weighted by molar-refractivity contribution is 5.83. The van der Waals surface area contributed by atoms with Gasteiger partial charge in [0, 0.05) is 12.5 Å². The quantitative estimate of drug-likeness (QED) is 0.0738. The number of hydrogen-bond donors (Lipinski definition) is 2. The van der Waals surface area contributed by atoms with Crippen LogP contribution in [-0.2, 0) is 24.6 Å². The van der Waals surface area contributed by atoms with E-state index >= 15 is 0 Å². The lowest BCUT2D eigenvalue weighted by atomic mass is 9.77. The molecular formula is C44H44N2O5. The maximum absolute atomic E-state index is 14.0. The third kappa shape index (κ3) is 10.0. The van der Waals surface area contributed by atoms with Crippen LogP contribution < -0.4 is 10.6 Å². The Balaban J connectivity index is 1.38. The molecule has 0 bridgehead atoms. The van der Waals surface area contributed by atoms with Crippen LogP contribution in [0.5, 0.6) is 0 Å². The van der Waals surface area contributed by atoms with Crippen molar-refractivity contribution in [3.8, 4) is 0 Å². The Morgan fingerprint density at radius 2 is 1.04 bits per heavy atom. The van der Waals surface area contributed by atoms with Crippen molar-refractivity contribution in [3.63, 3.8) is 0 Å². The highest BCUT2D eigenvalue weighted by atomic mass is 16.6. The van der Waals surface area contributed by atoms with Gasteiger partial charge in [-0.25, -0.2) is 9.59 Å². The lowest BCUT2D eigenvalue weighted by molar-refractivity contribution is -0.141. The van der Waals surface area contributed by atoms with Crippen molar-refractivity contribution in [1.29, 1.82) is 0 Å². The van der Waals surface area contributed by atoms with Crippen LogP contribution in [0.2, 0.25) is 0 Å². The van der Waals surface area contributed by atoms with Crippen LogP contribution >= 0.6 is 0 Å². The predicted octanol–water partition coefficient (Wildman–Crippen LogP) is 8.66. The van der Waals surface area contributed by atoms with Crippen LogP contribution in [-0.4, -0.2) is 29.6 Å². The molecule has 0 aromatic heterocycles. The summed E-state index contributed by atoms with van der Waals surface area (Å²) in [7, 11) is 0. The molecule has 0 fully saturated rings. The maximum Gasteiger partial charge on any atom is 0.408 e. The number of nitrogens with one attached hydrogen (secondary N) is 2. The van der Waals surface area contributed by atoms with Crippen molar-refractivity contribution in [2.24, 2.45) is 0 Å². The second-order valence-corrected chi connectivity index (χ2v) is 13.2. The van der Waals surface area contributed by atoms with Gasteiger partial charge in [-0.2, -0.15) is 0 Å². The van der Waals surface area contributed by atoms with E-state index in [1.165, 1.54) is 6.08 Å². The van der Waals surface area contributed by atoms with Crippen molar-refractivity contribution < 1.29 is 23.9 Å². The van der Waals surface area contributed by atoms with Gasteiger partial charge >= 0.3 is 12.1 Å². The van der Waals surface area contributed by atoms with Crippen molar-refractivity contribution in [2.75, 3.05) is 0 Å². The van der Waals surface area contributed by atoms with E-state index in [0.29, 0.717) is 0 Å². The topological polar surface area (TPSA) is 93.7 Å². The van der Waals surface area contributed by atoms with Gasteiger partial charge in [0.2, 0.25) is 5.91 Å². The molecule has 5 rings (SSSR count). The van der Waals surface area contributed by atoms with Crippen LogP contribution in [0.1, 0.15) is 67.5 Å². The smallest absolute Gasteiger partial charge is 0.408 e. The number of hydrogen-bond acceptors (Lipinski definition) is 5. The fourth-order valence-corrected chi connectivity index (χ4v) is 5.95. The average molecular weight is 681 g/mol. The summed E-state index contributed by atoms with van der Waals surface area (Å²) >= 11 is 0. The standard InChI is InChI=1S/C44H44N2O5/c1-43(2,3)51-42(49)45-38(30-32-40(48)50-41(33-19-9-4-10-20-33)34-21-11-5-12-22-34)29-31-39(47)46-44(35-23-13-6-14-24-35,36-25-15-7-16-26-36)37-27-17-8-18-28-37/h4-28,30,32,38,41H,29,31H2,1-3H3,(H,45,49)(H,46,47)/b32-30+/t38-/m0/s1. The minimum Gasteiger partial charge on any atom is -0.449 e. The number of esters is 1. The third-order valence-corrected chi connectivity index (χ3v) is 8.24. The summed E-state index contributed by atoms with van der Waals surface area (Å²) in [5.41, 5.74) is 2.61. The van der Waals surface area contributed by atoms with Crippen LogP contribution in [0.3, 0.4) is 0 Å². The first-order chi connectivity index (χ1) is 24.6. The number of rotatable bonds is 13. The molecule has 5 aromatic carbocycles. The molecule has 7 nitrogen and oxygen atoms in total. The molecule has 0 saturated heterocycles. The Kier molecular flexibility index (Phi) is 12.2. The zero-order chi connectivity index (χ0) is 36.1. The summed E-state index contributed by atoms with van der Waals surface area (Å²) in [6, 6.07) is 47.8. The number of alkyl carbamates (subject to hydrolysis) is 1. The van der Waals surface area contributed by atoms with Gasteiger partial charge in [0.1, 0.15) is 11.1 Å². The molecule has 2 amide bonds. The Morgan fingerprint density at radius 1 is 0.627 bits per heavy atom. The average Bonchev–Trinajstić information content (AvgIpc) is 3.15. The van der Waals surface area contributed by atoms with Gasteiger partial charge in [-0.05, 0) is 55.0 Å². The molecule has 0 unspecified atom stereocenters. The lowest BCUT2D eigenvalue weighted by Gasteiger charge is -2.37. The van der Waals surface area contributed by atoms with E-state index in [0.717, 1.165) is 27.8 Å². The first-order valence-corrected chi connectivity index (χ1v) is 17.1. The van der Waals surface area contributed by atoms with Gasteiger partial charge in [-0.1, -0.05) is 158 Å². The summed E-state index contributed by atoms with van der Waals surface area (Å²) in [6.07, 6.45) is 1.76. The van der Waals surface area contributed by atoms with Crippen molar-refractivity contribution in [3.05, 3.63) is 192 Å². The largest absolute Gasteiger partial charge is 0.449 e. The van der Waals surface area contributed by atoms with Gasteiger partial charge in [0.15, 0.2) is 6.10 Å². The number of benzene rings is 5. The molecule has 0 aliphatic rings. The molecule has 0 heterocycles. The SMILES string of the molecule is CC(C)(C)OC(=O)N[C@H](/C=C/C(=O)OC(c1ccccc1)c1ccccc1)CCC(=O)NC(c1ccccc1)(c1ccccc1)c1ccccc1. The maximum atomic E-state index is 14.0. The van der Waals surface area contributed by atoms with Crippen LogP contribution in [0, 0.1) is 0 Å². The van der Waals surface area contributed by atoms with Crippen LogP contribution in [0.15, 0.2) is 164 Å². The van der Waals surface area contributed by atoms with Crippen molar-refractivity contribution in [2.45, 2.75) is 56.9 Å². The third-order valence-electron chi connectivity index (χ3n) is 8.24. The van der Waals surface area contributed by atoms with Gasteiger partial charge in [0.05, 0.1) is 6.04 Å². The summed E-state index contributed by atoms with van der Waals surface area (Å²) in [4.78, 5) is 40.2. The highest BCUT2D eigenvalue weighted by Gasteiger charge is 2.37. The normalized spacial score (nSPS) is 12.2. The summed E-state index contributed by atoms with van der Waals surface area (Å²) in [5, 5.41) is 6.18. The monoisotopic (exact) mass is 680 g/mol. The molecule has 0 aliphatic heterocycles. The zero-order valence-electron chi connectivity index (χ0n) is 29.2. The van der Waals surface area contributed by atoms with Gasteiger partial charge in [0.25, 0.3) is 0 Å². The lowest BCUT2D eigenvalue weighted by Crippen LogP contribution is -2.48. The van der Waals surface area contributed by atoms with Crippen molar-refractivity contribution >= 4 is 18.0 Å². The van der Waals surface area contributed by atoms with E-state index < -0.39 is 35.3 Å². The van der Waals surface area contributed by atoms with Gasteiger partial charge < -0.3 is 20.1 Å². The summed E-state index contributed by atoms with van der Waals surface area (Å²) < 4.78 is 11.5. The van der Waals surface area contributed by atoms with E-state index in [1.54, 1.807) is 26.8 Å². The highest BCUT2D eigenvalue weighted by Crippen LogP contribution is 2.37. The summed E-state index contributed by atoms with van der Waals surface area (Å²) in [6.45, 7) is 5.31. The molecule has 0 radical (unpaired) electrons. The van der Waals surface area contributed by atoms with E-state index in [9.17, 15) is 14.4 Å². The number of ether oxygens (including phenoxy) is 2. The van der Waals surface area contributed by atoms with Gasteiger partial charge in [-0.15, -0.1) is 0 Å². The summed E-state index contributed by atoms with van der Waals surface area (Å²) in [5.74, 6) is -0.837. The molecular weight excluding hydrogens is 636 g/mol. The molecule has 7 heteroatoms. The van der Waals surface area contributed by atoms with E-state index in [2.05, 4.69) is 10.6 Å². The first-order valence-electron chi connectivity index (χ1n) is 17.1. The molecule has 260 valence electrons. The minimum atomic E-state index is -0.988. The predicted molar refractivity (Wildman–Crippen MR) is 200 cm³/mol. The van der Waals surface area contributed by atoms with Crippen LogP contribution in [0.25, 0.3) is 0 Å². The second-order valence-electron chi connectivity index (χ2n) is 13.2. The van der Waals surface area contributed by atoms with E-state index in [4.69, 9.17) is 9.47 Å². The Bertz CT molecular complexity index is 1740. The molecule has 1 atom stereocenters.